The summed E-state index contributed by atoms with van der Waals surface area (Å²) in [6, 6.07) is -0.720. The first-order valence-corrected chi connectivity index (χ1v) is 33.7. The summed E-state index contributed by atoms with van der Waals surface area (Å²) in [7, 11) is 0. The SMILES string of the molecule is CCCCCCC/C=C\C/C=C\C/C=C\CCCCCCCCCCCCCCCCCCC(=O)NC(COC1OC(CO)C(O)C(O)C1O)C(O)CCCCCCCCCCCCCCCCCCCCCCCCC. The number of carbonyl (C=O) groups is 1. The Balaban J connectivity index is 2.12. The number of rotatable bonds is 59. The van der Waals surface area contributed by atoms with E-state index in [9.17, 15) is 30.3 Å². The van der Waals surface area contributed by atoms with Crippen molar-refractivity contribution in [3.05, 3.63) is 36.5 Å². The molecule has 0 radical (unpaired) electrons. The van der Waals surface area contributed by atoms with Crippen molar-refractivity contribution in [2.24, 2.45) is 0 Å². The van der Waals surface area contributed by atoms with Crippen LogP contribution in [-0.4, -0.2) is 87.5 Å². The van der Waals surface area contributed by atoms with Gasteiger partial charge in [-0.2, -0.15) is 0 Å². The third-order valence-electron chi connectivity index (χ3n) is 16.2. The van der Waals surface area contributed by atoms with Crippen molar-refractivity contribution in [1.29, 1.82) is 0 Å². The molecule has 1 aliphatic heterocycles. The largest absolute Gasteiger partial charge is 0.394 e. The van der Waals surface area contributed by atoms with E-state index >= 15 is 0 Å². The molecule has 0 saturated carbocycles. The highest BCUT2D eigenvalue weighted by atomic mass is 16.7. The van der Waals surface area contributed by atoms with Crippen molar-refractivity contribution in [1.82, 2.24) is 5.32 Å². The average Bonchev–Trinajstić information content (AvgIpc) is 3.43. The minimum atomic E-state index is -1.55. The number of carbonyl (C=O) groups excluding carboxylic acids is 1. The van der Waals surface area contributed by atoms with Gasteiger partial charge in [0.2, 0.25) is 5.91 Å². The van der Waals surface area contributed by atoms with Gasteiger partial charge >= 0.3 is 0 Å². The Kier molecular flexibility index (Phi) is 55.0. The molecular formula is C68H129NO8. The van der Waals surface area contributed by atoms with Crippen LogP contribution < -0.4 is 5.32 Å². The van der Waals surface area contributed by atoms with Crippen molar-refractivity contribution in [3.63, 3.8) is 0 Å². The van der Waals surface area contributed by atoms with Crippen LogP contribution in [0.25, 0.3) is 0 Å². The predicted molar refractivity (Wildman–Crippen MR) is 327 cm³/mol. The van der Waals surface area contributed by atoms with Crippen molar-refractivity contribution in [3.8, 4) is 0 Å². The van der Waals surface area contributed by atoms with Gasteiger partial charge in [0, 0.05) is 6.42 Å². The van der Waals surface area contributed by atoms with Gasteiger partial charge in [-0.3, -0.25) is 4.79 Å². The van der Waals surface area contributed by atoms with Gasteiger partial charge in [-0.05, 0) is 51.4 Å². The lowest BCUT2D eigenvalue weighted by Crippen LogP contribution is -2.60. The van der Waals surface area contributed by atoms with Gasteiger partial charge in [-0.15, -0.1) is 0 Å². The maximum absolute atomic E-state index is 13.1. The van der Waals surface area contributed by atoms with Crippen LogP contribution in [0.4, 0.5) is 0 Å². The Labute approximate surface area is 476 Å². The Hall–Kier alpha value is -1.59. The van der Waals surface area contributed by atoms with E-state index in [4.69, 9.17) is 9.47 Å². The highest BCUT2D eigenvalue weighted by molar-refractivity contribution is 5.76. The highest BCUT2D eigenvalue weighted by Gasteiger charge is 2.44. The Morgan fingerprint density at radius 2 is 0.766 bits per heavy atom. The summed E-state index contributed by atoms with van der Waals surface area (Å²) in [6.07, 6.45) is 69.1. The lowest BCUT2D eigenvalue weighted by atomic mass is 9.99. The molecule has 7 atom stereocenters. The lowest BCUT2D eigenvalue weighted by molar-refractivity contribution is -0.302. The molecule has 0 aromatic carbocycles. The number of hydrogen-bond acceptors (Lipinski definition) is 8. The quantitative estimate of drug-likeness (QED) is 0.0261. The number of aliphatic hydroxyl groups excluding tert-OH is 5. The summed E-state index contributed by atoms with van der Waals surface area (Å²) in [5, 5.41) is 54.9. The molecule has 0 spiro atoms. The second kappa shape index (κ2) is 57.6. The molecule has 1 saturated heterocycles. The molecule has 1 rings (SSSR count). The number of allylic oxidation sites excluding steroid dienone is 6. The standard InChI is InChI=1S/C68H129NO8/c1-3-5-7-9-11-13-15-17-19-21-23-25-27-28-29-30-31-32-33-34-36-38-40-42-44-46-48-50-52-54-56-58-64(72)69-61(60-76-68-67(75)66(74)65(73)63(59-70)77-68)62(71)57-55-53-51-49-47-45-43-41-39-37-35-26-24-22-20-18-16-14-12-10-8-6-4-2/h15,17,21,23,27-28,61-63,65-68,70-71,73-75H,3-14,16,18-20,22,24-26,29-60H2,1-2H3,(H,69,72)/b17-15-,23-21-,28-27-. The number of amides is 1. The molecular weight excluding hydrogens is 959 g/mol. The third-order valence-corrected chi connectivity index (χ3v) is 16.2. The van der Waals surface area contributed by atoms with Crippen molar-refractivity contribution >= 4 is 5.91 Å². The molecule has 1 fully saturated rings. The molecule has 77 heavy (non-hydrogen) atoms. The van der Waals surface area contributed by atoms with Gasteiger partial charge in [0.05, 0.1) is 25.4 Å². The lowest BCUT2D eigenvalue weighted by Gasteiger charge is -2.40. The van der Waals surface area contributed by atoms with Crippen LogP contribution in [0.15, 0.2) is 36.5 Å². The van der Waals surface area contributed by atoms with Gasteiger partial charge < -0.3 is 40.3 Å². The first-order chi connectivity index (χ1) is 37.8. The van der Waals surface area contributed by atoms with E-state index in [1.807, 2.05) is 0 Å². The zero-order valence-corrected chi connectivity index (χ0v) is 50.7. The van der Waals surface area contributed by atoms with Crippen LogP contribution in [0.3, 0.4) is 0 Å². The minimum absolute atomic E-state index is 0.135. The summed E-state index contributed by atoms with van der Waals surface area (Å²) < 4.78 is 11.4. The fourth-order valence-electron chi connectivity index (χ4n) is 10.9. The van der Waals surface area contributed by atoms with Crippen LogP contribution in [-0.2, 0) is 14.3 Å². The van der Waals surface area contributed by atoms with Crippen LogP contribution in [0, 0.1) is 0 Å². The molecule has 6 N–H and O–H groups in total. The molecule has 454 valence electrons. The maximum atomic E-state index is 13.1. The summed E-state index contributed by atoms with van der Waals surface area (Å²) in [5.74, 6) is -0.139. The summed E-state index contributed by atoms with van der Waals surface area (Å²) in [4.78, 5) is 13.1. The average molecular weight is 1090 g/mol. The zero-order valence-electron chi connectivity index (χ0n) is 50.7. The van der Waals surface area contributed by atoms with E-state index in [-0.39, 0.29) is 12.5 Å². The molecule has 0 aromatic heterocycles. The molecule has 9 nitrogen and oxygen atoms in total. The fraction of sp³-hybridized carbons (Fsp3) is 0.897. The number of aliphatic hydroxyl groups is 5. The van der Waals surface area contributed by atoms with Gasteiger partial charge in [0.25, 0.3) is 0 Å². The van der Waals surface area contributed by atoms with Crippen LogP contribution in [0.1, 0.15) is 335 Å². The summed E-state index contributed by atoms with van der Waals surface area (Å²) in [5.41, 5.74) is 0. The van der Waals surface area contributed by atoms with Crippen LogP contribution >= 0.6 is 0 Å². The van der Waals surface area contributed by atoms with Crippen molar-refractivity contribution in [2.75, 3.05) is 13.2 Å². The molecule has 0 aliphatic carbocycles. The molecule has 0 aromatic rings. The van der Waals surface area contributed by atoms with E-state index in [1.165, 1.54) is 257 Å². The molecule has 1 amide bonds. The molecule has 1 aliphatic rings. The monoisotopic (exact) mass is 1090 g/mol. The van der Waals surface area contributed by atoms with E-state index in [2.05, 4.69) is 55.6 Å². The van der Waals surface area contributed by atoms with E-state index in [1.54, 1.807) is 0 Å². The Morgan fingerprint density at radius 3 is 1.13 bits per heavy atom. The van der Waals surface area contributed by atoms with Crippen LogP contribution in [0.2, 0.25) is 0 Å². The third kappa shape index (κ3) is 46.7. The molecule has 1 heterocycles. The maximum Gasteiger partial charge on any atom is 0.220 e. The van der Waals surface area contributed by atoms with E-state index in [0.717, 1.165) is 51.4 Å². The van der Waals surface area contributed by atoms with Gasteiger partial charge in [-0.1, -0.05) is 314 Å². The number of nitrogens with one attached hydrogen (secondary N) is 1. The number of hydrogen-bond donors (Lipinski definition) is 6. The first-order valence-electron chi connectivity index (χ1n) is 33.7. The van der Waals surface area contributed by atoms with Crippen LogP contribution in [0.5, 0.6) is 0 Å². The minimum Gasteiger partial charge on any atom is -0.394 e. The van der Waals surface area contributed by atoms with Crippen molar-refractivity contribution < 1.29 is 39.8 Å². The van der Waals surface area contributed by atoms with E-state index < -0.39 is 49.5 Å². The predicted octanol–water partition coefficient (Wildman–Crippen LogP) is 17.9. The number of unbranched alkanes of at least 4 members (excludes halogenated alkanes) is 43. The molecule has 7 unspecified atom stereocenters. The van der Waals surface area contributed by atoms with Crippen molar-refractivity contribution in [2.45, 2.75) is 378 Å². The fourth-order valence-corrected chi connectivity index (χ4v) is 10.9. The number of ether oxygens (including phenoxy) is 2. The summed E-state index contributed by atoms with van der Waals surface area (Å²) >= 11 is 0. The van der Waals surface area contributed by atoms with Gasteiger partial charge in [-0.25, -0.2) is 0 Å². The second-order valence-electron chi connectivity index (χ2n) is 23.6. The second-order valence-corrected chi connectivity index (χ2v) is 23.6. The first kappa shape index (κ1) is 73.4. The molecule has 0 bridgehead atoms. The van der Waals surface area contributed by atoms with Gasteiger partial charge in [0.15, 0.2) is 6.29 Å². The Bertz CT molecular complexity index is 1310. The smallest absolute Gasteiger partial charge is 0.220 e. The zero-order chi connectivity index (χ0) is 55.8. The highest BCUT2D eigenvalue weighted by Crippen LogP contribution is 2.24. The normalized spacial score (nSPS) is 18.9. The Morgan fingerprint density at radius 1 is 0.442 bits per heavy atom. The topological polar surface area (TPSA) is 149 Å². The van der Waals surface area contributed by atoms with E-state index in [0.29, 0.717) is 12.8 Å². The molecule has 9 heteroatoms. The summed E-state index contributed by atoms with van der Waals surface area (Å²) in [6.45, 7) is 3.87. The van der Waals surface area contributed by atoms with Gasteiger partial charge in [0.1, 0.15) is 24.4 Å².